The number of rotatable bonds is 9. The maximum Gasteiger partial charge on any atom is 0.338 e. The molecule has 0 saturated heterocycles. The van der Waals surface area contributed by atoms with E-state index in [1.807, 2.05) is 59.2 Å². The molecule has 1 N–H and O–H groups in total. The maximum atomic E-state index is 12.6. The van der Waals surface area contributed by atoms with Crippen molar-refractivity contribution in [3.05, 3.63) is 84.4 Å². The fourth-order valence-electron chi connectivity index (χ4n) is 3.41. The smallest absolute Gasteiger partial charge is 0.338 e. The van der Waals surface area contributed by atoms with E-state index >= 15 is 0 Å². The fraction of sp³-hybridized carbons (Fsp3) is 0.154. The first kappa shape index (κ1) is 24.0. The number of carbonyl (C=O) groups excluding carboxylic acids is 2. The van der Waals surface area contributed by atoms with Gasteiger partial charge in [0.1, 0.15) is 5.75 Å². The van der Waals surface area contributed by atoms with Gasteiger partial charge in [0.25, 0.3) is 0 Å². The Morgan fingerprint density at radius 1 is 0.943 bits per heavy atom. The van der Waals surface area contributed by atoms with Gasteiger partial charge in [0.2, 0.25) is 5.91 Å². The lowest BCUT2D eigenvalue weighted by molar-refractivity contribution is -0.113. The van der Waals surface area contributed by atoms with Gasteiger partial charge in [-0.2, -0.15) is 0 Å². The lowest BCUT2D eigenvalue weighted by Crippen LogP contribution is -2.15. The van der Waals surface area contributed by atoms with Crippen LogP contribution < -0.4 is 10.1 Å². The van der Waals surface area contributed by atoms with Gasteiger partial charge in [0, 0.05) is 11.4 Å². The highest BCUT2D eigenvalue weighted by molar-refractivity contribution is 7.99. The van der Waals surface area contributed by atoms with Crippen molar-refractivity contribution in [2.24, 2.45) is 0 Å². The summed E-state index contributed by atoms with van der Waals surface area (Å²) in [4.78, 5) is 24.4. The molecule has 0 aliphatic heterocycles. The van der Waals surface area contributed by atoms with Gasteiger partial charge >= 0.3 is 5.97 Å². The molecule has 1 heterocycles. The molecule has 35 heavy (non-hydrogen) atoms. The molecule has 178 valence electrons. The standard InChI is InChI=1S/C26H24N4O4S/c1-3-34-25(32)18-13-15-19(16-14-18)27-23(31)17-35-26-29-28-24(21-11-7-8-12-22(21)33-2)30(26)20-9-5-4-6-10-20/h4-16H,3,17H2,1-2H3,(H,27,31). The average Bonchev–Trinajstić information content (AvgIpc) is 3.32. The van der Waals surface area contributed by atoms with E-state index in [1.165, 1.54) is 11.8 Å². The minimum Gasteiger partial charge on any atom is -0.496 e. The molecule has 0 atom stereocenters. The van der Waals surface area contributed by atoms with E-state index in [9.17, 15) is 9.59 Å². The first-order chi connectivity index (χ1) is 17.1. The Morgan fingerprint density at radius 2 is 1.66 bits per heavy atom. The minimum absolute atomic E-state index is 0.122. The van der Waals surface area contributed by atoms with Crippen molar-refractivity contribution in [2.45, 2.75) is 12.1 Å². The summed E-state index contributed by atoms with van der Waals surface area (Å²) in [6, 6.07) is 23.9. The Kier molecular flexibility index (Phi) is 7.79. The predicted molar refractivity (Wildman–Crippen MR) is 135 cm³/mol. The van der Waals surface area contributed by atoms with Crippen molar-refractivity contribution >= 4 is 29.3 Å². The molecule has 4 rings (SSSR count). The number of ether oxygens (including phenoxy) is 2. The van der Waals surface area contributed by atoms with E-state index in [1.54, 1.807) is 38.3 Å². The summed E-state index contributed by atoms with van der Waals surface area (Å²) >= 11 is 1.28. The number of hydrogen-bond donors (Lipinski definition) is 1. The van der Waals surface area contributed by atoms with Crippen LogP contribution in [-0.2, 0) is 9.53 Å². The van der Waals surface area contributed by atoms with Crippen LogP contribution in [0.25, 0.3) is 17.1 Å². The number of methoxy groups -OCH3 is 1. The van der Waals surface area contributed by atoms with Crippen molar-refractivity contribution in [3.8, 4) is 22.8 Å². The molecule has 0 fully saturated rings. The second-order valence-corrected chi connectivity index (χ2v) is 8.25. The molecule has 0 radical (unpaired) electrons. The van der Waals surface area contributed by atoms with Crippen LogP contribution in [-0.4, -0.2) is 46.1 Å². The molecule has 0 saturated carbocycles. The Bertz CT molecular complexity index is 1310. The third kappa shape index (κ3) is 5.70. The Morgan fingerprint density at radius 3 is 2.37 bits per heavy atom. The zero-order valence-electron chi connectivity index (χ0n) is 19.3. The van der Waals surface area contributed by atoms with Crippen LogP contribution in [0.4, 0.5) is 5.69 Å². The topological polar surface area (TPSA) is 95.3 Å². The number of hydrogen-bond acceptors (Lipinski definition) is 7. The predicted octanol–water partition coefficient (Wildman–Crippen LogP) is 4.85. The third-order valence-corrected chi connectivity index (χ3v) is 5.94. The molecular weight excluding hydrogens is 464 g/mol. The molecule has 0 spiro atoms. The Labute approximate surface area is 207 Å². The fourth-order valence-corrected chi connectivity index (χ4v) is 4.16. The summed E-state index contributed by atoms with van der Waals surface area (Å²) in [6.07, 6.45) is 0. The van der Waals surface area contributed by atoms with Crippen LogP contribution in [0.15, 0.2) is 84.0 Å². The summed E-state index contributed by atoms with van der Waals surface area (Å²) in [5.74, 6) is 0.812. The summed E-state index contributed by atoms with van der Waals surface area (Å²) in [7, 11) is 1.61. The number of amides is 1. The highest BCUT2D eigenvalue weighted by Gasteiger charge is 2.19. The second-order valence-electron chi connectivity index (χ2n) is 7.31. The van der Waals surface area contributed by atoms with Crippen LogP contribution >= 0.6 is 11.8 Å². The van der Waals surface area contributed by atoms with Crippen molar-refractivity contribution in [1.29, 1.82) is 0 Å². The van der Waals surface area contributed by atoms with Gasteiger partial charge in [-0.1, -0.05) is 42.1 Å². The maximum absolute atomic E-state index is 12.6. The van der Waals surface area contributed by atoms with Gasteiger partial charge in [-0.25, -0.2) is 4.79 Å². The van der Waals surface area contributed by atoms with Crippen LogP contribution in [0.3, 0.4) is 0 Å². The van der Waals surface area contributed by atoms with Crippen molar-refractivity contribution in [3.63, 3.8) is 0 Å². The third-order valence-electron chi connectivity index (χ3n) is 5.01. The summed E-state index contributed by atoms with van der Waals surface area (Å²) in [5, 5.41) is 12.2. The minimum atomic E-state index is -0.396. The average molecular weight is 489 g/mol. The first-order valence-electron chi connectivity index (χ1n) is 10.9. The van der Waals surface area contributed by atoms with Crippen molar-refractivity contribution in [2.75, 3.05) is 24.8 Å². The normalized spacial score (nSPS) is 10.6. The molecule has 1 amide bonds. The van der Waals surface area contributed by atoms with Gasteiger partial charge in [-0.05, 0) is 55.5 Å². The van der Waals surface area contributed by atoms with Gasteiger partial charge in [-0.3, -0.25) is 9.36 Å². The number of nitrogens with zero attached hydrogens (tertiary/aromatic N) is 3. The molecule has 9 heteroatoms. The highest BCUT2D eigenvalue weighted by Crippen LogP contribution is 2.33. The number of esters is 1. The molecular formula is C26H24N4O4S. The zero-order chi connectivity index (χ0) is 24.6. The lowest BCUT2D eigenvalue weighted by Gasteiger charge is -2.12. The number of para-hydroxylation sites is 2. The van der Waals surface area contributed by atoms with E-state index < -0.39 is 5.97 Å². The zero-order valence-corrected chi connectivity index (χ0v) is 20.1. The number of thioether (sulfide) groups is 1. The molecule has 0 aliphatic carbocycles. The number of anilines is 1. The van der Waals surface area contributed by atoms with Crippen LogP contribution in [0, 0.1) is 0 Å². The highest BCUT2D eigenvalue weighted by atomic mass is 32.2. The molecule has 0 aliphatic rings. The summed E-state index contributed by atoms with van der Waals surface area (Å²) in [5.41, 5.74) is 2.68. The second kappa shape index (κ2) is 11.3. The van der Waals surface area contributed by atoms with E-state index in [2.05, 4.69) is 15.5 Å². The molecule has 3 aromatic carbocycles. The molecule has 4 aromatic rings. The SMILES string of the molecule is CCOC(=O)c1ccc(NC(=O)CSc2nnc(-c3ccccc3OC)n2-c2ccccc2)cc1. The number of aromatic nitrogens is 3. The van der Waals surface area contributed by atoms with E-state index in [0.717, 1.165) is 11.3 Å². The summed E-state index contributed by atoms with van der Waals surface area (Å²) < 4.78 is 12.4. The van der Waals surface area contributed by atoms with Crippen LogP contribution in [0.5, 0.6) is 5.75 Å². The Balaban J connectivity index is 1.52. The quantitative estimate of drug-likeness (QED) is 0.266. The molecule has 0 bridgehead atoms. The van der Waals surface area contributed by atoms with Gasteiger partial charge in [0.05, 0.1) is 30.6 Å². The van der Waals surface area contributed by atoms with Gasteiger partial charge in [-0.15, -0.1) is 10.2 Å². The van der Waals surface area contributed by atoms with Gasteiger partial charge in [0.15, 0.2) is 11.0 Å². The van der Waals surface area contributed by atoms with Crippen LogP contribution in [0.2, 0.25) is 0 Å². The van der Waals surface area contributed by atoms with Crippen molar-refractivity contribution in [1.82, 2.24) is 14.8 Å². The van der Waals surface area contributed by atoms with E-state index in [0.29, 0.717) is 34.6 Å². The molecule has 8 nitrogen and oxygen atoms in total. The van der Waals surface area contributed by atoms with Crippen molar-refractivity contribution < 1.29 is 19.1 Å². The lowest BCUT2D eigenvalue weighted by atomic mass is 10.2. The number of nitrogens with one attached hydrogen (secondary N) is 1. The van der Waals surface area contributed by atoms with Gasteiger partial charge < -0.3 is 14.8 Å². The Hall–Kier alpha value is -4.11. The van der Waals surface area contributed by atoms with E-state index in [-0.39, 0.29) is 11.7 Å². The van der Waals surface area contributed by atoms with E-state index in [4.69, 9.17) is 9.47 Å². The monoisotopic (exact) mass is 488 g/mol. The number of carbonyl (C=O) groups is 2. The summed E-state index contributed by atoms with van der Waals surface area (Å²) in [6.45, 7) is 2.06. The molecule has 1 aromatic heterocycles. The van der Waals surface area contributed by atoms with Crippen LogP contribution in [0.1, 0.15) is 17.3 Å². The largest absolute Gasteiger partial charge is 0.496 e. The molecule has 0 unspecified atom stereocenters. The number of benzene rings is 3. The first-order valence-corrected chi connectivity index (χ1v) is 11.9.